The van der Waals surface area contributed by atoms with E-state index < -0.39 is 10.3 Å². The predicted molar refractivity (Wildman–Crippen MR) is 86.1 cm³/mol. The molecule has 0 spiro atoms. The van der Waals surface area contributed by atoms with Crippen molar-refractivity contribution < 1.29 is 9.90 Å². The highest BCUT2D eigenvalue weighted by Gasteiger charge is 2.44. The highest BCUT2D eigenvalue weighted by molar-refractivity contribution is 6.52. The fourth-order valence-electron chi connectivity index (χ4n) is 2.72. The second kappa shape index (κ2) is 4.79. The molecule has 0 atom stereocenters. The number of rotatable bonds is 1. The van der Waals surface area contributed by atoms with Gasteiger partial charge in [-0.25, -0.2) is 4.79 Å². The van der Waals surface area contributed by atoms with Crippen LogP contribution in [0.2, 0.25) is 10.0 Å². The first kappa shape index (κ1) is 15.0. The average molecular weight is 362 g/mol. The molecule has 0 heterocycles. The van der Waals surface area contributed by atoms with Gasteiger partial charge in [0.05, 0.1) is 5.56 Å². The van der Waals surface area contributed by atoms with Crippen molar-refractivity contribution in [1.82, 2.24) is 0 Å². The van der Waals surface area contributed by atoms with Crippen molar-refractivity contribution in [3.63, 3.8) is 0 Å². The molecule has 0 aliphatic heterocycles. The molecular weight excluding hydrogens is 354 g/mol. The van der Waals surface area contributed by atoms with Gasteiger partial charge in [0.25, 0.3) is 0 Å². The van der Waals surface area contributed by atoms with Crippen LogP contribution in [-0.4, -0.2) is 11.1 Å². The minimum atomic E-state index is -1.38. The van der Waals surface area contributed by atoms with E-state index in [1.54, 1.807) is 25.1 Å². The molecule has 1 aliphatic carbocycles. The van der Waals surface area contributed by atoms with E-state index in [2.05, 4.69) is 0 Å². The zero-order chi connectivity index (χ0) is 15.5. The second-order valence-corrected chi connectivity index (χ2v) is 7.02. The largest absolute Gasteiger partial charge is 0.478 e. The van der Waals surface area contributed by atoms with E-state index in [-0.39, 0.29) is 5.56 Å². The summed E-state index contributed by atoms with van der Waals surface area (Å²) >= 11 is 25.2. The smallest absolute Gasteiger partial charge is 0.336 e. The maximum absolute atomic E-state index is 11.5. The van der Waals surface area contributed by atoms with Gasteiger partial charge in [0.2, 0.25) is 0 Å². The number of carbonyl (C=O) groups is 1. The summed E-state index contributed by atoms with van der Waals surface area (Å²) in [4.78, 5) is 11.5. The van der Waals surface area contributed by atoms with Crippen LogP contribution in [0.15, 0.2) is 24.3 Å². The SMILES string of the molecule is Cc1c(Cl)cc(C(=O)O)c2c1C(Cl)(Cl)c1cc(Cl)ccc1-2. The molecule has 2 aromatic carbocycles. The number of halogens is 4. The second-order valence-electron chi connectivity index (χ2n) is 4.85. The number of fused-ring (bicyclic) bond motifs is 3. The number of carboxylic acid groups (broad SMARTS) is 1. The van der Waals surface area contributed by atoms with Crippen molar-refractivity contribution in [2.24, 2.45) is 0 Å². The van der Waals surface area contributed by atoms with Gasteiger partial charge in [0.1, 0.15) is 0 Å². The Kier molecular flexibility index (Phi) is 3.42. The van der Waals surface area contributed by atoms with Crippen LogP contribution in [0, 0.1) is 6.92 Å². The Morgan fingerprint density at radius 2 is 1.86 bits per heavy atom. The van der Waals surface area contributed by atoms with Crippen molar-refractivity contribution in [3.05, 3.63) is 56.6 Å². The van der Waals surface area contributed by atoms with Gasteiger partial charge in [-0.3, -0.25) is 0 Å². The molecule has 2 nitrogen and oxygen atoms in total. The molecule has 3 rings (SSSR count). The lowest BCUT2D eigenvalue weighted by molar-refractivity contribution is 0.0697. The van der Waals surface area contributed by atoms with Crippen molar-refractivity contribution in [2.45, 2.75) is 11.3 Å². The van der Waals surface area contributed by atoms with Gasteiger partial charge in [0, 0.05) is 26.7 Å². The normalized spacial score (nSPS) is 14.7. The lowest BCUT2D eigenvalue weighted by Gasteiger charge is -2.19. The molecule has 2 aromatic rings. The standard InChI is InChI=1S/C15H8Cl4O2/c1-6-11(17)5-9(14(20)21)12-8-3-2-7(16)4-10(8)15(18,19)13(6)12/h2-5H,1H3,(H,20,21). The van der Waals surface area contributed by atoms with E-state index in [1.807, 2.05) is 0 Å². The first-order valence-electron chi connectivity index (χ1n) is 6.00. The lowest BCUT2D eigenvalue weighted by atomic mass is 9.96. The van der Waals surface area contributed by atoms with Crippen molar-refractivity contribution in [3.8, 4) is 11.1 Å². The van der Waals surface area contributed by atoms with Crippen LogP contribution < -0.4 is 0 Å². The molecule has 0 bridgehead atoms. The van der Waals surface area contributed by atoms with E-state index in [0.29, 0.717) is 37.9 Å². The molecule has 0 amide bonds. The molecule has 108 valence electrons. The molecule has 21 heavy (non-hydrogen) atoms. The minimum Gasteiger partial charge on any atom is -0.478 e. The van der Waals surface area contributed by atoms with Crippen LogP contribution in [0.5, 0.6) is 0 Å². The Bertz CT molecular complexity index is 797. The van der Waals surface area contributed by atoms with Gasteiger partial charge >= 0.3 is 5.97 Å². The third-order valence-corrected chi connectivity index (χ3v) is 5.07. The Morgan fingerprint density at radius 3 is 2.48 bits per heavy atom. The van der Waals surface area contributed by atoms with E-state index >= 15 is 0 Å². The maximum atomic E-state index is 11.5. The predicted octanol–water partition coefficient (Wildman–Crippen LogP) is 5.66. The summed E-state index contributed by atoms with van der Waals surface area (Å²) < 4.78 is -1.38. The number of hydrogen-bond donors (Lipinski definition) is 1. The van der Waals surface area contributed by atoms with Crippen molar-refractivity contribution in [1.29, 1.82) is 0 Å². The van der Waals surface area contributed by atoms with Crippen LogP contribution in [-0.2, 0) is 4.33 Å². The molecule has 1 N–H and O–H groups in total. The molecule has 0 aromatic heterocycles. The Hall–Kier alpha value is -0.930. The van der Waals surface area contributed by atoms with Gasteiger partial charge in [-0.1, -0.05) is 52.5 Å². The minimum absolute atomic E-state index is 0.0762. The zero-order valence-electron chi connectivity index (χ0n) is 10.7. The van der Waals surface area contributed by atoms with Crippen LogP contribution in [0.1, 0.15) is 27.0 Å². The third-order valence-electron chi connectivity index (χ3n) is 3.66. The summed E-state index contributed by atoms with van der Waals surface area (Å²) in [5.41, 5.74) is 2.98. The Morgan fingerprint density at radius 1 is 1.19 bits per heavy atom. The number of aromatic carboxylic acids is 1. The Labute approximate surface area is 141 Å². The topological polar surface area (TPSA) is 37.3 Å². The third kappa shape index (κ3) is 2.05. The summed E-state index contributed by atoms with van der Waals surface area (Å²) in [5.74, 6) is -1.08. The van der Waals surface area contributed by atoms with E-state index in [4.69, 9.17) is 46.4 Å². The summed E-state index contributed by atoms with van der Waals surface area (Å²) in [6.07, 6.45) is 0. The molecule has 0 saturated heterocycles. The fourth-order valence-corrected chi connectivity index (χ4v) is 3.88. The first-order valence-corrected chi connectivity index (χ1v) is 7.51. The molecule has 0 unspecified atom stereocenters. The van der Waals surface area contributed by atoms with E-state index in [9.17, 15) is 9.90 Å². The fraction of sp³-hybridized carbons (Fsp3) is 0.133. The van der Waals surface area contributed by atoms with Crippen LogP contribution in [0.25, 0.3) is 11.1 Å². The quantitative estimate of drug-likeness (QED) is 0.665. The maximum Gasteiger partial charge on any atom is 0.336 e. The summed E-state index contributed by atoms with van der Waals surface area (Å²) in [7, 11) is 0. The molecule has 0 saturated carbocycles. The monoisotopic (exact) mass is 360 g/mol. The van der Waals surface area contributed by atoms with Gasteiger partial charge in [0.15, 0.2) is 4.33 Å². The van der Waals surface area contributed by atoms with Crippen LogP contribution >= 0.6 is 46.4 Å². The van der Waals surface area contributed by atoms with Gasteiger partial charge in [-0.2, -0.15) is 0 Å². The molecule has 0 radical (unpaired) electrons. The van der Waals surface area contributed by atoms with Gasteiger partial charge < -0.3 is 5.11 Å². The zero-order valence-corrected chi connectivity index (χ0v) is 13.7. The number of alkyl halides is 2. The Balaban J connectivity index is 2.50. The number of carboxylic acids is 1. The summed E-state index contributed by atoms with van der Waals surface area (Å²) in [5, 5.41) is 10.2. The number of benzene rings is 2. The van der Waals surface area contributed by atoms with Gasteiger partial charge in [-0.15, -0.1) is 0 Å². The first-order chi connectivity index (χ1) is 9.75. The van der Waals surface area contributed by atoms with Crippen molar-refractivity contribution >= 4 is 52.4 Å². The molecule has 0 fully saturated rings. The molecule has 6 heteroatoms. The summed E-state index contributed by atoms with van der Waals surface area (Å²) in [6.45, 7) is 1.76. The van der Waals surface area contributed by atoms with Crippen LogP contribution in [0.4, 0.5) is 0 Å². The van der Waals surface area contributed by atoms with Crippen LogP contribution in [0.3, 0.4) is 0 Å². The highest BCUT2D eigenvalue weighted by atomic mass is 35.5. The lowest BCUT2D eigenvalue weighted by Crippen LogP contribution is -2.11. The highest BCUT2D eigenvalue weighted by Crippen LogP contribution is 2.57. The van der Waals surface area contributed by atoms with Gasteiger partial charge in [-0.05, 0) is 36.2 Å². The summed E-state index contributed by atoms with van der Waals surface area (Å²) in [6, 6.07) is 6.47. The van der Waals surface area contributed by atoms with E-state index in [1.165, 1.54) is 6.07 Å². The van der Waals surface area contributed by atoms with E-state index in [0.717, 1.165) is 0 Å². The van der Waals surface area contributed by atoms with Crippen molar-refractivity contribution in [2.75, 3.05) is 0 Å². The number of hydrogen-bond acceptors (Lipinski definition) is 1. The average Bonchev–Trinajstić information content (AvgIpc) is 2.62. The molecular formula is C15H8Cl4O2. The molecule has 1 aliphatic rings.